The van der Waals surface area contributed by atoms with Gasteiger partial charge in [0.05, 0.1) is 24.8 Å². The molecule has 1 amide bonds. The van der Waals surface area contributed by atoms with Gasteiger partial charge >= 0.3 is 5.97 Å². The molecular weight excluding hydrogens is 358 g/mol. The Morgan fingerprint density at radius 1 is 1.07 bits per heavy atom. The number of hydrogen-bond acceptors (Lipinski definition) is 5. The Bertz CT molecular complexity index is 882. The lowest BCUT2D eigenvalue weighted by atomic mass is 10.1. The van der Waals surface area contributed by atoms with Crippen molar-refractivity contribution >= 4 is 23.3 Å². The van der Waals surface area contributed by atoms with Gasteiger partial charge in [0.2, 0.25) is 5.91 Å². The van der Waals surface area contributed by atoms with Crippen molar-refractivity contribution in [1.82, 2.24) is 9.88 Å². The van der Waals surface area contributed by atoms with Gasteiger partial charge in [-0.15, -0.1) is 0 Å². The fourth-order valence-corrected chi connectivity index (χ4v) is 3.07. The SMILES string of the molecule is COC(=O)c1c(CC(=O)N(C)Cc2ccc(N(C)C)cc2)[nH]c(C(C)=O)c1C. The van der Waals surface area contributed by atoms with Gasteiger partial charge in [-0.3, -0.25) is 9.59 Å². The van der Waals surface area contributed by atoms with Crippen LogP contribution < -0.4 is 4.90 Å². The monoisotopic (exact) mass is 385 g/mol. The predicted molar refractivity (Wildman–Crippen MR) is 108 cm³/mol. The molecule has 1 heterocycles. The minimum absolute atomic E-state index is 0.0230. The summed E-state index contributed by atoms with van der Waals surface area (Å²) < 4.78 is 4.82. The average molecular weight is 385 g/mol. The normalized spacial score (nSPS) is 10.5. The van der Waals surface area contributed by atoms with Gasteiger partial charge in [0.25, 0.3) is 0 Å². The number of anilines is 1. The van der Waals surface area contributed by atoms with Gasteiger partial charge in [-0.05, 0) is 30.2 Å². The summed E-state index contributed by atoms with van der Waals surface area (Å²) in [5, 5.41) is 0. The topological polar surface area (TPSA) is 82.7 Å². The minimum atomic E-state index is -0.564. The predicted octanol–water partition coefficient (Wildman–Crippen LogP) is 2.58. The Morgan fingerprint density at radius 3 is 2.18 bits per heavy atom. The van der Waals surface area contributed by atoms with Crippen LogP contribution in [0.15, 0.2) is 24.3 Å². The smallest absolute Gasteiger partial charge is 0.339 e. The number of aromatic nitrogens is 1. The summed E-state index contributed by atoms with van der Waals surface area (Å²) in [4.78, 5) is 43.2. The van der Waals surface area contributed by atoms with E-state index in [4.69, 9.17) is 4.74 Å². The van der Waals surface area contributed by atoms with Crippen molar-refractivity contribution in [2.24, 2.45) is 0 Å². The van der Waals surface area contributed by atoms with Crippen LogP contribution in [-0.2, 0) is 22.5 Å². The number of methoxy groups -OCH3 is 1. The van der Waals surface area contributed by atoms with E-state index in [1.807, 2.05) is 43.3 Å². The van der Waals surface area contributed by atoms with E-state index in [0.717, 1.165) is 11.3 Å². The fourth-order valence-electron chi connectivity index (χ4n) is 3.07. The molecule has 0 fully saturated rings. The fraction of sp³-hybridized carbons (Fsp3) is 0.381. The molecule has 150 valence electrons. The Kier molecular flexibility index (Phi) is 6.62. The van der Waals surface area contributed by atoms with Gasteiger partial charge in [0.1, 0.15) is 0 Å². The third-order valence-corrected chi connectivity index (χ3v) is 4.70. The highest BCUT2D eigenvalue weighted by molar-refractivity contribution is 6.01. The molecular formula is C21H27N3O4. The number of ether oxygens (including phenoxy) is 1. The summed E-state index contributed by atoms with van der Waals surface area (Å²) in [5.41, 5.74) is 3.56. The lowest BCUT2D eigenvalue weighted by Crippen LogP contribution is -2.28. The van der Waals surface area contributed by atoms with Crippen LogP contribution >= 0.6 is 0 Å². The number of carbonyl (C=O) groups excluding carboxylic acids is 3. The number of aromatic amines is 1. The zero-order chi connectivity index (χ0) is 21.0. The Labute approximate surface area is 165 Å². The second-order valence-electron chi connectivity index (χ2n) is 7.01. The van der Waals surface area contributed by atoms with E-state index in [0.29, 0.717) is 23.5 Å². The van der Waals surface area contributed by atoms with Crippen molar-refractivity contribution in [3.05, 3.63) is 52.3 Å². The first-order valence-electron chi connectivity index (χ1n) is 8.96. The van der Waals surface area contributed by atoms with Crippen molar-refractivity contribution in [2.75, 3.05) is 33.2 Å². The summed E-state index contributed by atoms with van der Waals surface area (Å²) in [6.45, 7) is 3.53. The van der Waals surface area contributed by atoms with Gasteiger partial charge in [-0.1, -0.05) is 12.1 Å². The Morgan fingerprint density at radius 2 is 1.68 bits per heavy atom. The first-order chi connectivity index (χ1) is 13.1. The lowest BCUT2D eigenvalue weighted by molar-refractivity contribution is -0.129. The van der Waals surface area contributed by atoms with E-state index >= 15 is 0 Å². The highest BCUT2D eigenvalue weighted by Crippen LogP contribution is 2.21. The third-order valence-electron chi connectivity index (χ3n) is 4.70. The highest BCUT2D eigenvalue weighted by atomic mass is 16.5. The van der Waals surface area contributed by atoms with E-state index in [1.165, 1.54) is 14.0 Å². The summed E-state index contributed by atoms with van der Waals surface area (Å²) in [6, 6.07) is 7.95. The average Bonchev–Trinajstić information content (AvgIpc) is 2.97. The maximum atomic E-state index is 12.7. The van der Waals surface area contributed by atoms with Crippen LogP contribution in [0.5, 0.6) is 0 Å². The van der Waals surface area contributed by atoms with Gasteiger partial charge in [0.15, 0.2) is 5.78 Å². The first kappa shape index (κ1) is 21.2. The number of benzene rings is 1. The van der Waals surface area contributed by atoms with Crippen molar-refractivity contribution in [2.45, 2.75) is 26.8 Å². The molecule has 0 bridgehead atoms. The number of carbonyl (C=O) groups is 3. The zero-order valence-corrected chi connectivity index (χ0v) is 17.3. The number of ketones is 1. The van der Waals surface area contributed by atoms with Crippen LogP contribution in [0.4, 0.5) is 5.69 Å². The number of nitrogens with zero attached hydrogens (tertiary/aromatic N) is 2. The largest absolute Gasteiger partial charge is 0.465 e. The van der Waals surface area contributed by atoms with Gasteiger partial charge in [0, 0.05) is 46.0 Å². The lowest BCUT2D eigenvalue weighted by Gasteiger charge is -2.18. The third kappa shape index (κ3) is 4.60. The molecule has 2 aromatic rings. The molecule has 0 aliphatic rings. The number of H-pyrrole nitrogens is 1. The number of likely N-dealkylation sites (N-methyl/N-ethyl adjacent to an activating group) is 1. The van der Waals surface area contributed by atoms with Crippen molar-refractivity contribution in [3.63, 3.8) is 0 Å². The zero-order valence-electron chi connectivity index (χ0n) is 17.3. The van der Waals surface area contributed by atoms with Crippen LogP contribution in [-0.4, -0.2) is 55.8 Å². The number of nitrogens with one attached hydrogen (secondary N) is 1. The van der Waals surface area contributed by atoms with E-state index < -0.39 is 5.97 Å². The molecule has 28 heavy (non-hydrogen) atoms. The Hall–Kier alpha value is -3.09. The quantitative estimate of drug-likeness (QED) is 0.585. The Balaban J connectivity index is 2.18. The highest BCUT2D eigenvalue weighted by Gasteiger charge is 2.25. The standard InChI is InChI=1S/C21H27N3O4/c1-13-19(21(27)28-6)17(22-20(13)14(2)25)11-18(26)24(5)12-15-7-9-16(10-8-15)23(3)4/h7-10,22H,11-12H2,1-6H3. The van der Waals surface area contributed by atoms with E-state index in [1.54, 1.807) is 18.9 Å². The first-order valence-corrected chi connectivity index (χ1v) is 8.96. The van der Waals surface area contributed by atoms with Crippen LogP contribution in [0.3, 0.4) is 0 Å². The van der Waals surface area contributed by atoms with Crippen LogP contribution in [0.2, 0.25) is 0 Å². The van der Waals surface area contributed by atoms with Crippen LogP contribution in [0.25, 0.3) is 0 Å². The molecule has 0 spiro atoms. The summed E-state index contributed by atoms with van der Waals surface area (Å²) >= 11 is 0. The number of hydrogen-bond donors (Lipinski definition) is 1. The van der Waals surface area contributed by atoms with Crippen LogP contribution in [0.1, 0.15) is 44.6 Å². The molecule has 0 atom stereocenters. The molecule has 1 aromatic carbocycles. The molecule has 7 heteroatoms. The van der Waals surface area contributed by atoms with Crippen molar-refractivity contribution < 1.29 is 19.1 Å². The maximum Gasteiger partial charge on any atom is 0.339 e. The van der Waals surface area contributed by atoms with E-state index in [9.17, 15) is 14.4 Å². The molecule has 0 radical (unpaired) electrons. The molecule has 0 aliphatic heterocycles. The molecule has 0 saturated carbocycles. The van der Waals surface area contributed by atoms with Crippen molar-refractivity contribution in [1.29, 1.82) is 0 Å². The second-order valence-corrected chi connectivity index (χ2v) is 7.01. The van der Waals surface area contributed by atoms with Gasteiger partial charge in [-0.2, -0.15) is 0 Å². The minimum Gasteiger partial charge on any atom is -0.465 e. The molecule has 0 aliphatic carbocycles. The second kappa shape index (κ2) is 8.73. The van der Waals surface area contributed by atoms with E-state index in [2.05, 4.69) is 4.98 Å². The molecule has 0 unspecified atom stereocenters. The van der Waals surface area contributed by atoms with Gasteiger partial charge < -0.3 is 19.5 Å². The van der Waals surface area contributed by atoms with E-state index in [-0.39, 0.29) is 23.7 Å². The number of rotatable bonds is 7. The number of esters is 1. The number of amides is 1. The summed E-state index contributed by atoms with van der Waals surface area (Å²) in [7, 11) is 6.92. The summed E-state index contributed by atoms with van der Waals surface area (Å²) in [5.74, 6) is -0.931. The van der Waals surface area contributed by atoms with Crippen LogP contribution in [0, 0.1) is 6.92 Å². The maximum absolute atomic E-state index is 12.7. The van der Waals surface area contributed by atoms with Gasteiger partial charge in [-0.25, -0.2) is 4.79 Å². The molecule has 2 rings (SSSR count). The molecule has 1 aromatic heterocycles. The molecule has 7 nitrogen and oxygen atoms in total. The molecule has 0 saturated heterocycles. The summed E-state index contributed by atoms with van der Waals surface area (Å²) in [6.07, 6.45) is -0.0230. The van der Waals surface area contributed by atoms with Crippen molar-refractivity contribution in [3.8, 4) is 0 Å². The molecule has 1 N–H and O–H groups in total. The number of Topliss-reactive ketones (excluding diaryl/α,β-unsaturated/α-hetero) is 1.